The number of nitrogens with one attached hydrogen (secondary N) is 2. The van der Waals surface area contributed by atoms with E-state index in [0.29, 0.717) is 33.7 Å². The number of carbonyl (C=O) groups is 1. The predicted octanol–water partition coefficient (Wildman–Crippen LogP) is 5.27. The van der Waals surface area contributed by atoms with E-state index < -0.39 is 0 Å². The zero-order chi connectivity index (χ0) is 20.4. The Balaban J connectivity index is 1.49. The number of fused-ring (bicyclic) bond motifs is 1. The molecule has 0 unspecified atom stereocenters. The van der Waals surface area contributed by atoms with Crippen molar-refractivity contribution in [1.29, 1.82) is 0 Å². The number of anilines is 2. The first-order valence-corrected chi connectivity index (χ1v) is 9.48. The van der Waals surface area contributed by atoms with Gasteiger partial charge in [-0.05, 0) is 56.7 Å². The van der Waals surface area contributed by atoms with Gasteiger partial charge in [0.1, 0.15) is 0 Å². The second kappa shape index (κ2) is 7.75. The topological polar surface area (TPSA) is 80.0 Å². The van der Waals surface area contributed by atoms with Crippen LogP contribution in [0.4, 0.5) is 11.4 Å². The van der Waals surface area contributed by atoms with E-state index in [1.165, 1.54) is 5.56 Å². The summed E-state index contributed by atoms with van der Waals surface area (Å²) < 4.78 is 5.21. The summed E-state index contributed by atoms with van der Waals surface area (Å²) in [6.07, 6.45) is 0. The molecule has 4 rings (SSSR count). The number of aryl methyl sites for hydroxylation is 2. The lowest BCUT2D eigenvalue weighted by Crippen LogP contribution is -2.13. The minimum absolute atomic E-state index is 0.182. The number of rotatable bonds is 5. The number of nitrogens with zero attached hydrogens (tertiary/aromatic N) is 2. The molecule has 0 spiro atoms. The molecule has 0 radical (unpaired) electrons. The first-order valence-electron chi connectivity index (χ1n) is 9.48. The Bertz CT molecular complexity index is 1150. The van der Waals surface area contributed by atoms with Gasteiger partial charge in [0.2, 0.25) is 0 Å². The Hall–Kier alpha value is -3.67. The third-order valence-corrected chi connectivity index (χ3v) is 4.82. The molecule has 0 saturated heterocycles. The summed E-state index contributed by atoms with van der Waals surface area (Å²) in [5.41, 5.74) is 5.14. The van der Waals surface area contributed by atoms with Crippen LogP contribution in [0.15, 0.2) is 65.2 Å². The first-order chi connectivity index (χ1) is 14.0. The van der Waals surface area contributed by atoms with Crippen molar-refractivity contribution in [3.8, 4) is 0 Å². The van der Waals surface area contributed by atoms with Gasteiger partial charge in [-0.1, -0.05) is 35.5 Å². The molecule has 2 aromatic carbocycles. The van der Waals surface area contributed by atoms with Crippen molar-refractivity contribution in [3.63, 3.8) is 0 Å². The molecule has 2 heterocycles. The Labute approximate surface area is 168 Å². The van der Waals surface area contributed by atoms with E-state index >= 15 is 0 Å². The van der Waals surface area contributed by atoms with Crippen LogP contribution >= 0.6 is 0 Å². The van der Waals surface area contributed by atoms with Gasteiger partial charge in [0.25, 0.3) is 11.6 Å². The molecule has 1 atom stereocenters. The Kier molecular flexibility index (Phi) is 4.99. The molecule has 6 nitrogen and oxygen atoms in total. The van der Waals surface area contributed by atoms with E-state index in [0.717, 1.165) is 5.69 Å². The number of aromatic nitrogens is 2. The number of amides is 1. The van der Waals surface area contributed by atoms with Crippen LogP contribution in [0.2, 0.25) is 0 Å². The van der Waals surface area contributed by atoms with Gasteiger partial charge < -0.3 is 15.2 Å². The van der Waals surface area contributed by atoms with Gasteiger partial charge in [-0.25, -0.2) is 4.98 Å². The van der Waals surface area contributed by atoms with Gasteiger partial charge in [-0.2, -0.15) is 0 Å². The van der Waals surface area contributed by atoms with Crippen molar-refractivity contribution in [3.05, 3.63) is 83.2 Å². The molecule has 0 bridgehead atoms. The lowest BCUT2D eigenvalue weighted by molar-refractivity contribution is 0.102. The number of hydrogen-bond acceptors (Lipinski definition) is 5. The van der Waals surface area contributed by atoms with Crippen LogP contribution in [0, 0.1) is 13.8 Å². The zero-order valence-electron chi connectivity index (χ0n) is 16.6. The van der Waals surface area contributed by atoms with Gasteiger partial charge in [-0.15, -0.1) is 0 Å². The molecule has 29 heavy (non-hydrogen) atoms. The SMILES string of the molecule is Cc1cc(C(=O)Nc2ccc(N[C@@H](C)c3ccccc3)cc2)c2c(C)noc2n1. The van der Waals surface area contributed by atoms with Crippen LogP contribution in [-0.4, -0.2) is 16.0 Å². The van der Waals surface area contributed by atoms with Crippen LogP contribution in [0.25, 0.3) is 11.1 Å². The van der Waals surface area contributed by atoms with E-state index in [1.54, 1.807) is 13.0 Å². The lowest BCUT2D eigenvalue weighted by atomic mass is 10.1. The standard InChI is InChI=1S/C23H22N4O2/c1-14-13-20(21-16(3)27-29-23(21)24-14)22(28)26-19-11-9-18(10-12-19)25-15(2)17-7-5-4-6-8-17/h4-13,15,25H,1-3H3,(H,26,28)/t15-/m0/s1. The average molecular weight is 386 g/mol. The second-order valence-corrected chi connectivity index (χ2v) is 7.07. The van der Waals surface area contributed by atoms with E-state index in [1.807, 2.05) is 49.4 Å². The van der Waals surface area contributed by atoms with Gasteiger partial charge in [0, 0.05) is 23.1 Å². The highest BCUT2D eigenvalue weighted by Gasteiger charge is 2.18. The molecular weight excluding hydrogens is 364 g/mol. The summed E-state index contributed by atoms with van der Waals surface area (Å²) in [5.74, 6) is -0.217. The van der Waals surface area contributed by atoms with Crippen molar-refractivity contribution < 1.29 is 9.32 Å². The zero-order valence-corrected chi connectivity index (χ0v) is 16.6. The minimum Gasteiger partial charge on any atom is -0.379 e. The maximum absolute atomic E-state index is 12.9. The summed E-state index contributed by atoms with van der Waals surface area (Å²) in [4.78, 5) is 17.1. The molecule has 0 fully saturated rings. The predicted molar refractivity (Wildman–Crippen MR) is 114 cm³/mol. The number of pyridine rings is 1. The molecular formula is C23H22N4O2. The molecule has 1 amide bonds. The smallest absolute Gasteiger partial charge is 0.258 e. The second-order valence-electron chi connectivity index (χ2n) is 7.07. The van der Waals surface area contributed by atoms with Gasteiger partial charge >= 0.3 is 0 Å². The fraction of sp³-hybridized carbons (Fsp3) is 0.174. The highest BCUT2D eigenvalue weighted by Crippen LogP contribution is 2.24. The van der Waals surface area contributed by atoms with Crippen LogP contribution in [0.5, 0.6) is 0 Å². The molecule has 146 valence electrons. The fourth-order valence-electron chi connectivity index (χ4n) is 3.32. The summed E-state index contributed by atoms with van der Waals surface area (Å²) in [7, 11) is 0. The molecule has 2 N–H and O–H groups in total. The highest BCUT2D eigenvalue weighted by molar-refractivity contribution is 6.12. The average Bonchev–Trinajstić information content (AvgIpc) is 3.10. The monoisotopic (exact) mass is 386 g/mol. The first kappa shape index (κ1) is 18.7. The summed E-state index contributed by atoms with van der Waals surface area (Å²) in [5, 5.41) is 11.0. The normalized spacial score (nSPS) is 12.0. The van der Waals surface area contributed by atoms with E-state index in [9.17, 15) is 4.79 Å². The quantitative estimate of drug-likeness (QED) is 0.489. The molecule has 0 aliphatic heterocycles. The van der Waals surface area contributed by atoms with Crippen molar-refractivity contribution in [2.45, 2.75) is 26.8 Å². The summed E-state index contributed by atoms with van der Waals surface area (Å²) >= 11 is 0. The molecule has 4 aromatic rings. The third-order valence-electron chi connectivity index (χ3n) is 4.82. The number of benzene rings is 2. The Morgan fingerprint density at radius 2 is 1.69 bits per heavy atom. The maximum Gasteiger partial charge on any atom is 0.258 e. The van der Waals surface area contributed by atoms with E-state index in [-0.39, 0.29) is 11.9 Å². The third kappa shape index (κ3) is 3.96. The van der Waals surface area contributed by atoms with Crippen LogP contribution in [0.1, 0.15) is 40.3 Å². The fourth-order valence-corrected chi connectivity index (χ4v) is 3.32. The Morgan fingerprint density at radius 1 is 1.00 bits per heavy atom. The van der Waals surface area contributed by atoms with E-state index in [2.05, 4.69) is 39.8 Å². The van der Waals surface area contributed by atoms with Crippen molar-refractivity contribution in [2.75, 3.05) is 10.6 Å². The highest BCUT2D eigenvalue weighted by atomic mass is 16.5. The number of hydrogen-bond donors (Lipinski definition) is 2. The largest absolute Gasteiger partial charge is 0.379 e. The molecule has 0 aliphatic carbocycles. The molecule has 0 saturated carbocycles. The number of carbonyl (C=O) groups excluding carboxylic acids is 1. The van der Waals surface area contributed by atoms with Crippen molar-refractivity contribution in [2.24, 2.45) is 0 Å². The van der Waals surface area contributed by atoms with Crippen molar-refractivity contribution in [1.82, 2.24) is 10.1 Å². The summed E-state index contributed by atoms with van der Waals surface area (Å²) in [6, 6.07) is 19.8. The lowest BCUT2D eigenvalue weighted by Gasteiger charge is -2.16. The van der Waals surface area contributed by atoms with Gasteiger partial charge in [0.05, 0.1) is 16.6 Å². The molecule has 2 aromatic heterocycles. The van der Waals surface area contributed by atoms with Gasteiger partial charge in [0.15, 0.2) is 0 Å². The Morgan fingerprint density at radius 3 is 2.41 bits per heavy atom. The van der Waals surface area contributed by atoms with Crippen LogP contribution < -0.4 is 10.6 Å². The van der Waals surface area contributed by atoms with Crippen LogP contribution in [-0.2, 0) is 0 Å². The molecule has 0 aliphatic rings. The molecule has 6 heteroatoms. The summed E-state index contributed by atoms with van der Waals surface area (Å²) in [6.45, 7) is 5.74. The maximum atomic E-state index is 12.9. The van der Waals surface area contributed by atoms with E-state index in [4.69, 9.17) is 4.52 Å². The van der Waals surface area contributed by atoms with Crippen LogP contribution in [0.3, 0.4) is 0 Å². The van der Waals surface area contributed by atoms with Gasteiger partial charge in [-0.3, -0.25) is 4.79 Å². The van der Waals surface area contributed by atoms with Crippen molar-refractivity contribution >= 4 is 28.4 Å². The minimum atomic E-state index is -0.217.